The Labute approximate surface area is 119 Å². The average Bonchev–Trinajstić information content (AvgIpc) is 2.47. The van der Waals surface area contributed by atoms with Crippen LogP contribution in [0, 0.1) is 5.92 Å². The molecule has 1 aliphatic heterocycles. The van der Waals surface area contributed by atoms with Crippen molar-refractivity contribution < 1.29 is 4.74 Å². The normalized spacial score (nSPS) is 17.9. The molecule has 2 aromatic rings. The number of hydrogen-bond donors (Lipinski definition) is 1. The predicted octanol–water partition coefficient (Wildman–Crippen LogP) is 3.08. The molecule has 1 aromatic heterocycles. The van der Waals surface area contributed by atoms with Gasteiger partial charge < -0.3 is 10.5 Å². The quantitative estimate of drug-likeness (QED) is 0.918. The van der Waals surface area contributed by atoms with Gasteiger partial charge in [0.05, 0.1) is 5.52 Å². The Morgan fingerprint density at radius 3 is 2.68 bits per heavy atom. The lowest BCUT2D eigenvalue weighted by molar-refractivity contribution is 0.0585. The van der Waals surface area contributed by atoms with Crippen LogP contribution in [0.4, 0.5) is 0 Å². The molecular formula is C15H19ClN2O. The Morgan fingerprint density at radius 1 is 1.16 bits per heavy atom. The minimum absolute atomic E-state index is 0. The maximum atomic E-state index is 6.45. The first-order valence-electron chi connectivity index (χ1n) is 6.53. The van der Waals surface area contributed by atoms with Gasteiger partial charge in [0, 0.05) is 30.8 Å². The standard InChI is InChI=1S/C15H18N2O.ClH/c16-15(11-6-9-18-10-7-11)13-5-8-17-14-4-2-1-3-12(13)14;/h1-5,8,11,15H,6-7,9-10,16H2;1H/t15-;/m0./s1. The smallest absolute Gasteiger partial charge is 0.0705 e. The van der Waals surface area contributed by atoms with Crippen LogP contribution < -0.4 is 5.73 Å². The third-order valence-corrected chi connectivity index (χ3v) is 3.82. The van der Waals surface area contributed by atoms with E-state index in [0.29, 0.717) is 5.92 Å². The van der Waals surface area contributed by atoms with Crippen molar-refractivity contribution in [3.63, 3.8) is 0 Å². The summed E-state index contributed by atoms with van der Waals surface area (Å²) in [5, 5.41) is 1.18. The van der Waals surface area contributed by atoms with E-state index in [0.717, 1.165) is 31.6 Å². The number of aromatic nitrogens is 1. The van der Waals surface area contributed by atoms with Gasteiger partial charge in [-0.1, -0.05) is 18.2 Å². The molecule has 1 saturated heterocycles. The van der Waals surface area contributed by atoms with Crippen molar-refractivity contribution in [1.82, 2.24) is 4.98 Å². The maximum absolute atomic E-state index is 6.45. The summed E-state index contributed by atoms with van der Waals surface area (Å²) in [6, 6.07) is 10.3. The van der Waals surface area contributed by atoms with E-state index >= 15 is 0 Å². The molecule has 1 aliphatic rings. The molecule has 19 heavy (non-hydrogen) atoms. The number of hydrogen-bond acceptors (Lipinski definition) is 3. The minimum atomic E-state index is 0. The van der Waals surface area contributed by atoms with Crippen LogP contribution in [0.25, 0.3) is 10.9 Å². The van der Waals surface area contributed by atoms with Crippen molar-refractivity contribution in [3.8, 4) is 0 Å². The van der Waals surface area contributed by atoms with Crippen LogP contribution in [0.2, 0.25) is 0 Å². The molecule has 0 saturated carbocycles. The van der Waals surface area contributed by atoms with E-state index in [-0.39, 0.29) is 18.4 Å². The molecule has 0 unspecified atom stereocenters. The highest BCUT2D eigenvalue weighted by Gasteiger charge is 2.23. The largest absolute Gasteiger partial charge is 0.381 e. The lowest BCUT2D eigenvalue weighted by atomic mass is 9.86. The summed E-state index contributed by atoms with van der Waals surface area (Å²) >= 11 is 0. The molecule has 0 amide bonds. The highest BCUT2D eigenvalue weighted by Crippen LogP contribution is 2.31. The molecule has 0 radical (unpaired) electrons. The molecule has 1 atom stereocenters. The summed E-state index contributed by atoms with van der Waals surface area (Å²) in [4.78, 5) is 4.39. The van der Waals surface area contributed by atoms with E-state index in [9.17, 15) is 0 Å². The minimum Gasteiger partial charge on any atom is -0.381 e. The summed E-state index contributed by atoms with van der Waals surface area (Å²) < 4.78 is 5.41. The van der Waals surface area contributed by atoms with Crippen LogP contribution in [0.1, 0.15) is 24.4 Å². The number of nitrogens with zero attached hydrogens (tertiary/aromatic N) is 1. The molecule has 3 rings (SSSR count). The van der Waals surface area contributed by atoms with E-state index in [4.69, 9.17) is 10.5 Å². The van der Waals surface area contributed by atoms with Gasteiger partial charge in [-0.3, -0.25) is 4.98 Å². The first-order chi connectivity index (χ1) is 8.86. The van der Waals surface area contributed by atoms with Crippen molar-refractivity contribution in [2.75, 3.05) is 13.2 Å². The number of fused-ring (bicyclic) bond motifs is 1. The third-order valence-electron chi connectivity index (χ3n) is 3.82. The number of rotatable bonds is 2. The first kappa shape index (κ1) is 14.3. The zero-order valence-corrected chi connectivity index (χ0v) is 11.6. The molecule has 3 nitrogen and oxygen atoms in total. The van der Waals surface area contributed by atoms with Crippen molar-refractivity contribution in [1.29, 1.82) is 0 Å². The second kappa shape index (κ2) is 6.33. The third kappa shape index (κ3) is 2.89. The lowest BCUT2D eigenvalue weighted by Gasteiger charge is -2.28. The summed E-state index contributed by atoms with van der Waals surface area (Å²) in [6.07, 6.45) is 3.96. The Bertz CT molecular complexity index is 535. The summed E-state index contributed by atoms with van der Waals surface area (Å²) in [7, 11) is 0. The second-order valence-corrected chi connectivity index (χ2v) is 4.89. The molecule has 0 spiro atoms. The van der Waals surface area contributed by atoms with Gasteiger partial charge in [0.15, 0.2) is 0 Å². The van der Waals surface area contributed by atoms with Gasteiger partial charge >= 0.3 is 0 Å². The van der Waals surface area contributed by atoms with Gasteiger partial charge in [-0.05, 0) is 36.5 Å². The van der Waals surface area contributed by atoms with E-state index in [2.05, 4.69) is 17.1 Å². The zero-order chi connectivity index (χ0) is 12.4. The molecule has 1 aromatic carbocycles. The molecule has 4 heteroatoms. The van der Waals surface area contributed by atoms with E-state index in [1.54, 1.807) is 0 Å². The van der Waals surface area contributed by atoms with Crippen LogP contribution in [0.15, 0.2) is 36.5 Å². The summed E-state index contributed by atoms with van der Waals surface area (Å²) in [5.74, 6) is 0.518. The Hall–Kier alpha value is -1.16. The Balaban J connectivity index is 0.00000133. The Morgan fingerprint density at radius 2 is 1.89 bits per heavy atom. The monoisotopic (exact) mass is 278 g/mol. The Kier molecular flexibility index (Phi) is 4.75. The highest BCUT2D eigenvalue weighted by atomic mass is 35.5. The number of benzene rings is 1. The van der Waals surface area contributed by atoms with Crippen LogP contribution >= 0.6 is 12.4 Å². The molecule has 2 N–H and O–H groups in total. The van der Waals surface area contributed by atoms with Gasteiger partial charge in [-0.15, -0.1) is 12.4 Å². The van der Waals surface area contributed by atoms with E-state index in [1.807, 2.05) is 24.4 Å². The summed E-state index contributed by atoms with van der Waals surface area (Å²) in [6.45, 7) is 1.67. The van der Waals surface area contributed by atoms with Crippen LogP contribution in [0.5, 0.6) is 0 Å². The van der Waals surface area contributed by atoms with Crippen LogP contribution in [0.3, 0.4) is 0 Å². The van der Waals surface area contributed by atoms with Crippen LogP contribution in [-0.2, 0) is 4.74 Å². The van der Waals surface area contributed by atoms with Crippen molar-refractivity contribution in [2.24, 2.45) is 11.7 Å². The number of ether oxygens (including phenoxy) is 1. The number of nitrogens with two attached hydrogens (primary N) is 1. The number of pyridine rings is 1. The fraction of sp³-hybridized carbons (Fsp3) is 0.400. The highest BCUT2D eigenvalue weighted by molar-refractivity contribution is 5.85. The first-order valence-corrected chi connectivity index (χ1v) is 6.53. The van der Waals surface area contributed by atoms with Crippen molar-refractivity contribution in [2.45, 2.75) is 18.9 Å². The SMILES string of the molecule is Cl.N[C@H](c1ccnc2ccccc12)C1CCOCC1. The van der Waals surface area contributed by atoms with Crippen LogP contribution in [-0.4, -0.2) is 18.2 Å². The summed E-state index contributed by atoms with van der Waals surface area (Å²) in [5.41, 5.74) is 8.69. The second-order valence-electron chi connectivity index (χ2n) is 4.89. The molecule has 0 aliphatic carbocycles. The number of para-hydroxylation sites is 1. The predicted molar refractivity (Wildman–Crippen MR) is 79.5 cm³/mol. The van der Waals surface area contributed by atoms with Gasteiger partial charge in [-0.25, -0.2) is 0 Å². The molecular weight excluding hydrogens is 260 g/mol. The lowest BCUT2D eigenvalue weighted by Crippen LogP contribution is -2.27. The van der Waals surface area contributed by atoms with Crippen molar-refractivity contribution >= 4 is 23.3 Å². The number of halogens is 1. The van der Waals surface area contributed by atoms with E-state index in [1.165, 1.54) is 10.9 Å². The van der Waals surface area contributed by atoms with Gasteiger partial charge in [0.2, 0.25) is 0 Å². The zero-order valence-electron chi connectivity index (χ0n) is 10.8. The van der Waals surface area contributed by atoms with Gasteiger partial charge in [0.25, 0.3) is 0 Å². The van der Waals surface area contributed by atoms with Gasteiger partial charge in [-0.2, -0.15) is 0 Å². The molecule has 1 fully saturated rings. The molecule has 0 bridgehead atoms. The fourth-order valence-electron chi connectivity index (χ4n) is 2.74. The maximum Gasteiger partial charge on any atom is 0.0705 e. The van der Waals surface area contributed by atoms with Gasteiger partial charge in [0.1, 0.15) is 0 Å². The fourth-order valence-corrected chi connectivity index (χ4v) is 2.74. The van der Waals surface area contributed by atoms with E-state index < -0.39 is 0 Å². The topological polar surface area (TPSA) is 48.1 Å². The molecule has 2 heterocycles. The van der Waals surface area contributed by atoms with Crippen molar-refractivity contribution in [3.05, 3.63) is 42.1 Å². The average molecular weight is 279 g/mol. The molecule has 102 valence electrons.